The Balaban J connectivity index is 2.42. The minimum absolute atomic E-state index is 0.336. The molecule has 0 N–H and O–H groups in total. The Bertz CT molecular complexity index is 600. The van der Waals surface area contributed by atoms with Gasteiger partial charge in [-0.1, -0.05) is 0 Å². The van der Waals surface area contributed by atoms with Crippen molar-refractivity contribution in [3.8, 4) is 0 Å². The van der Waals surface area contributed by atoms with Crippen molar-refractivity contribution in [1.82, 2.24) is 4.90 Å². The van der Waals surface area contributed by atoms with Crippen LogP contribution in [0.25, 0.3) is 0 Å². The van der Waals surface area contributed by atoms with Crippen LogP contribution in [0.5, 0.6) is 0 Å². The first kappa shape index (κ1) is 17.8. The molecule has 1 aliphatic heterocycles. The molecule has 23 heavy (non-hydrogen) atoms. The van der Waals surface area contributed by atoms with Crippen molar-refractivity contribution in [2.75, 3.05) is 13.7 Å². The molecule has 0 aromatic carbocycles. The summed E-state index contributed by atoms with van der Waals surface area (Å²) in [7, 11) is 1.38. The van der Waals surface area contributed by atoms with Crippen LogP contribution >= 0.6 is 11.3 Å². The molecule has 1 atom stereocenters. The van der Waals surface area contributed by atoms with Crippen molar-refractivity contribution < 1.29 is 19.1 Å². The third-order valence-electron chi connectivity index (χ3n) is 3.99. The van der Waals surface area contributed by atoms with Crippen molar-refractivity contribution in [2.24, 2.45) is 5.41 Å². The van der Waals surface area contributed by atoms with Gasteiger partial charge in [0.15, 0.2) is 0 Å². The molecule has 0 aliphatic carbocycles. The van der Waals surface area contributed by atoms with E-state index in [1.807, 2.05) is 40.0 Å². The van der Waals surface area contributed by atoms with Gasteiger partial charge in [0, 0.05) is 11.4 Å². The molecule has 128 valence electrons. The summed E-state index contributed by atoms with van der Waals surface area (Å²) in [6, 6.07) is 1.68. The van der Waals surface area contributed by atoms with Gasteiger partial charge in [-0.2, -0.15) is 0 Å². The minimum Gasteiger partial charge on any atom is -0.469 e. The normalized spacial score (nSPS) is 18.3. The first-order chi connectivity index (χ1) is 10.6. The molecule has 1 aromatic heterocycles. The summed E-state index contributed by atoms with van der Waals surface area (Å²) in [5.41, 5.74) is -0.241. The largest absolute Gasteiger partial charge is 0.469 e. The Labute approximate surface area is 141 Å². The van der Waals surface area contributed by atoms with E-state index >= 15 is 0 Å². The summed E-state index contributed by atoms with van der Waals surface area (Å²) in [5.74, 6) is -0.336. The van der Waals surface area contributed by atoms with E-state index in [4.69, 9.17) is 9.47 Å². The number of carbonyl (C=O) groups is 2. The van der Waals surface area contributed by atoms with Crippen LogP contribution in [0.4, 0.5) is 4.79 Å². The number of hydrogen-bond acceptors (Lipinski definition) is 5. The molecule has 0 fully saturated rings. The van der Waals surface area contributed by atoms with Crippen molar-refractivity contribution in [3.05, 3.63) is 21.9 Å². The maximum absolute atomic E-state index is 12.7. The quantitative estimate of drug-likeness (QED) is 0.770. The highest BCUT2D eigenvalue weighted by atomic mass is 32.1. The van der Waals surface area contributed by atoms with Gasteiger partial charge in [0.05, 0.1) is 18.6 Å². The Kier molecular flexibility index (Phi) is 4.76. The standard InChI is InChI=1S/C17H25NO4S/c1-16(2,3)22-15(20)18-9-7-11-8-10-23-12(11)13(18)17(4,5)14(19)21-6/h8,10,13H,7,9H2,1-6H3. The number of carbonyl (C=O) groups excluding carboxylic acids is 2. The number of nitrogens with zero attached hydrogens (tertiary/aromatic N) is 1. The smallest absolute Gasteiger partial charge is 0.410 e. The van der Waals surface area contributed by atoms with Gasteiger partial charge < -0.3 is 9.47 Å². The highest BCUT2D eigenvalue weighted by Gasteiger charge is 2.48. The van der Waals surface area contributed by atoms with Crippen molar-refractivity contribution in [1.29, 1.82) is 0 Å². The summed E-state index contributed by atoms with van der Waals surface area (Å²) >= 11 is 1.57. The minimum atomic E-state index is -0.855. The fourth-order valence-corrected chi connectivity index (χ4v) is 4.17. The third-order valence-corrected chi connectivity index (χ3v) is 5.00. The van der Waals surface area contributed by atoms with E-state index in [0.717, 1.165) is 11.3 Å². The Morgan fingerprint density at radius 2 is 1.91 bits per heavy atom. The molecule has 0 radical (unpaired) electrons. The van der Waals surface area contributed by atoms with Gasteiger partial charge in [-0.3, -0.25) is 9.69 Å². The molecule has 2 rings (SSSR count). The number of fused-ring (bicyclic) bond motifs is 1. The molecule has 0 spiro atoms. The van der Waals surface area contributed by atoms with Crippen LogP contribution in [-0.4, -0.2) is 36.2 Å². The number of hydrogen-bond donors (Lipinski definition) is 0. The molecular formula is C17H25NO4S. The van der Waals surface area contributed by atoms with E-state index in [1.54, 1.807) is 16.2 Å². The lowest BCUT2D eigenvalue weighted by Gasteiger charge is -2.43. The van der Waals surface area contributed by atoms with Crippen LogP contribution in [0.2, 0.25) is 0 Å². The molecule has 1 amide bonds. The lowest BCUT2D eigenvalue weighted by atomic mass is 9.79. The first-order valence-corrected chi connectivity index (χ1v) is 8.60. The molecule has 2 heterocycles. The van der Waals surface area contributed by atoms with Gasteiger partial charge >= 0.3 is 12.1 Å². The van der Waals surface area contributed by atoms with Crippen LogP contribution in [0.1, 0.15) is 51.1 Å². The molecule has 0 saturated heterocycles. The highest BCUT2D eigenvalue weighted by Crippen LogP contribution is 2.46. The number of amides is 1. The maximum atomic E-state index is 12.7. The lowest BCUT2D eigenvalue weighted by Crippen LogP contribution is -2.50. The molecule has 0 saturated carbocycles. The molecule has 1 aliphatic rings. The zero-order chi connectivity index (χ0) is 17.4. The van der Waals surface area contributed by atoms with Gasteiger partial charge in [-0.25, -0.2) is 4.79 Å². The van der Waals surface area contributed by atoms with Crippen LogP contribution in [0, 0.1) is 5.41 Å². The van der Waals surface area contributed by atoms with E-state index in [0.29, 0.717) is 6.54 Å². The topological polar surface area (TPSA) is 55.8 Å². The summed E-state index contributed by atoms with van der Waals surface area (Å²) in [5, 5.41) is 2.00. The molecule has 5 nitrogen and oxygen atoms in total. The van der Waals surface area contributed by atoms with Crippen LogP contribution in [0.15, 0.2) is 11.4 Å². The van der Waals surface area contributed by atoms with Gasteiger partial charge in [0.2, 0.25) is 0 Å². The molecule has 6 heteroatoms. The average Bonchev–Trinajstić information content (AvgIpc) is 2.91. The Morgan fingerprint density at radius 3 is 2.48 bits per heavy atom. The number of thiophene rings is 1. The average molecular weight is 339 g/mol. The number of esters is 1. The second-order valence-electron chi connectivity index (χ2n) is 7.35. The fraction of sp³-hybridized carbons (Fsp3) is 0.647. The van der Waals surface area contributed by atoms with E-state index in [2.05, 4.69) is 6.07 Å². The summed E-state index contributed by atoms with van der Waals surface area (Å²) in [6.07, 6.45) is 0.379. The number of methoxy groups -OCH3 is 1. The lowest BCUT2D eigenvalue weighted by molar-refractivity contribution is -0.155. The van der Waals surface area contributed by atoms with Gasteiger partial charge in [-0.15, -0.1) is 11.3 Å². The van der Waals surface area contributed by atoms with Crippen LogP contribution in [-0.2, 0) is 20.7 Å². The number of rotatable bonds is 2. The monoisotopic (exact) mass is 339 g/mol. The fourth-order valence-electron chi connectivity index (χ4n) is 2.91. The maximum Gasteiger partial charge on any atom is 0.410 e. The van der Waals surface area contributed by atoms with Crippen molar-refractivity contribution in [3.63, 3.8) is 0 Å². The van der Waals surface area contributed by atoms with E-state index in [1.165, 1.54) is 12.7 Å². The SMILES string of the molecule is COC(=O)C(C)(C)C1c2sccc2CCN1C(=O)OC(C)(C)C. The van der Waals surface area contributed by atoms with E-state index < -0.39 is 17.1 Å². The Morgan fingerprint density at radius 1 is 1.26 bits per heavy atom. The van der Waals surface area contributed by atoms with Crippen molar-refractivity contribution >= 4 is 23.4 Å². The molecular weight excluding hydrogens is 314 g/mol. The predicted molar refractivity (Wildman–Crippen MR) is 89.5 cm³/mol. The number of ether oxygens (including phenoxy) is 2. The van der Waals surface area contributed by atoms with Crippen molar-refractivity contribution in [2.45, 2.75) is 52.7 Å². The Hall–Kier alpha value is -1.56. The van der Waals surface area contributed by atoms with Crippen LogP contribution in [0.3, 0.4) is 0 Å². The third kappa shape index (κ3) is 3.52. The van der Waals surface area contributed by atoms with Gasteiger partial charge in [0.1, 0.15) is 5.60 Å². The molecule has 0 bridgehead atoms. The molecule has 1 aromatic rings. The summed E-state index contributed by atoms with van der Waals surface area (Å²) < 4.78 is 10.5. The highest BCUT2D eigenvalue weighted by molar-refractivity contribution is 7.10. The zero-order valence-corrected chi connectivity index (χ0v) is 15.5. The second kappa shape index (κ2) is 6.15. The zero-order valence-electron chi connectivity index (χ0n) is 14.6. The van der Waals surface area contributed by atoms with Gasteiger partial charge in [0.25, 0.3) is 0 Å². The summed E-state index contributed by atoms with van der Waals surface area (Å²) in [4.78, 5) is 27.7. The summed E-state index contributed by atoms with van der Waals surface area (Å²) in [6.45, 7) is 9.68. The van der Waals surface area contributed by atoms with E-state index in [-0.39, 0.29) is 12.0 Å². The van der Waals surface area contributed by atoms with Crippen LogP contribution < -0.4 is 0 Å². The first-order valence-electron chi connectivity index (χ1n) is 7.72. The molecule has 1 unspecified atom stereocenters. The van der Waals surface area contributed by atoms with E-state index in [9.17, 15) is 9.59 Å². The second-order valence-corrected chi connectivity index (χ2v) is 8.30. The predicted octanol–water partition coefficient (Wildman–Crippen LogP) is 3.78. The van der Waals surface area contributed by atoms with Gasteiger partial charge in [-0.05, 0) is 58.0 Å².